The molecule has 0 radical (unpaired) electrons. The van der Waals surface area contributed by atoms with Crippen molar-refractivity contribution in [2.45, 2.75) is 25.0 Å². The quantitative estimate of drug-likeness (QED) is 0.475. The Kier molecular flexibility index (Phi) is 4.08. The van der Waals surface area contributed by atoms with Crippen LogP contribution in [0.4, 0.5) is 0 Å². The van der Waals surface area contributed by atoms with Gasteiger partial charge in [0.1, 0.15) is 5.40 Å². The van der Waals surface area contributed by atoms with E-state index in [9.17, 15) is 4.79 Å². The summed E-state index contributed by atoms with van der Waals surface area (Å²) in [5.74, 6) is -0.000370. The average molecular weight is 287 g/mol. The van der Waals surface area contributed by atoms with E-state index in [-0.39, 0.29) is 5.78 Å². The highest BCUT2D eigenvalue weighted by Gasteiger charge is 2.21. The lowest BCUT2D eigenvalue weighted by Gasteiger charge is -2.03. The highest BCUT2D eigenvalue weighted by Crippen LogP contribution is 2.36. The SMILES string of the molecule is Cc1ccc(C(=O)c2c(SC#N)sc(C)c2C)cc1. The van der Waals surface area contributed by atoms with Crippen LogP contribution in [-0.2, 0) is 0 Å². The fourth-order valence-electron chi connectivity index (χ4n) is 1.82. The molecule has 0 aliphatic carbocycles. The number of nitriles is 1. The first-order chi connectivity index (χ1) is 9.04. The molecular weight excluding hydrogens is 274 g/mol. The Labute approximate surface area is 121 Å². The van der Waals surface area contributed by atoms with E-state index >= 15 is 0 Å². The number of hydrogen-bond acceptors (Lipinski definition) is 4. The van der Waals surface area contributed by atoms with Gasteiger partial charge in [0, 0.05) is 22.2 Å². The molecule has 0 spiro atoms. The molecule has 0 atom stereocenters. The van der Waals surface area contributed by atoms with Crippen LogP contribution >= 0.6 is 23.1 Å². The van der Waals surface area contributed by atoms with Gasteiger partial charge in [0.05, 0.1) is 9.77 Å². The molecule has 0 N–H and O–H groups in total. The summed E-state index contributed by atoms with van der Waals surface area (Å²) in [6, 6.07) is 7.54. The van der Waals surface area contributed by atoms with Crippen LogP contribution in [0.5, 0.6) is 0 Å². The molecule has 4 heteroatoms. The summed E-state index contributed by atoms with van der Waals surface area (Å²) in [5, 5.41) is 10.9. The summed E-state index contributed by atoms with van der Waals surface area (Å²) < 4.78 is 0.795. The third-order valence-electron chi connectivity index (χ3n) is 3.03. The molecule has 0 aliphatic rings. The van der Waals surface area contributed by atoms with E-state index < -0.39 is 0 Å². The van der Waals surface area contributed by atoms with Crippen molar-refractivity contribution in [3.8, 4) is 5.40 Å². The maximum absolute atomic E-state index is 12.6. The molecule has 0 amide bonds. The summed E-state index contributed by atoms with van der Waals surface area (Å²) in [7, 11) is 0. The van der Waals surface area contributed by atoms with Crippen LogP contribution in [0.15, 0.2) is 28.5 Å². The van der Waals surface area contributed by atoms with Gasteiger partial charge in [0.25, 0.3) is 0 Å². The smallest absolute Gasteiger partial charge is 0.195 e. The van der Waals surface area contributed by atoms with Crippen molar-refractivity contribution in [1.29, 1.82) is 5.26 Å². The van der Waals surface area contributed by atoms with E-state index in [0.29, 0.717) is 11.1 Å². The molecule has 2 aromatic rings. The standard InChI is InChI=1S/C15H13NOS2/c1-9-4-6-12(7-5-9)14(17)13-10(2)11(3)19-15(13)18-8-16/h4-7H,1-3H3. The number of ketones is 1. The Morgan fingerprint density at radius 2 is 1.84 bits per heavy atom. The second-order valence-electron chi connectivity index (χ2n) is 4.33. The summed E-state index contributed by atoms with van der Waals surface area (Å²) in [5.41, 5.74) is 3.46. The van der Waals surface area contributed by atoms with Gasteiger partial charge in [-0.25, -0.2) is 0 Å². The number of thioether (sulfide) groups is 1. The highest BCUT2D eigenvalue weighted by molar-refractivity contribution is 8.05. The van der Waals surface area contributed by atoms with E-state index in [1.54, 1.807) is 0 Å². The molecule has 2 rings (SSSR count). The molecule has 0 aliphatic heterocycles. The van der Waals surface area contributed by atoms with Crippen molar-refractivity contribution in [1.82, 2.24) is 0 Å². The van der Waals surface area contributed by atoms with Crippen molar-refractivity contribution >= 4 is 28.9 Å². The Balaban J connectivity index is 2.49. The van der Waals surface area contributed by atoms with E-state index in [1.807, 2.05) is 45.0 Å². The van der Waals surface area contributed by atoms with Gasteiger partial charge in [-0.3, -0.25) is 4.79 Å². The predicted molar refractivity (Wildman–Crippen MR) is 79.9 cm³/mol. The largest absolute Gasteiger partial charge is 0.289 e. The molecule has 1 aromatic heterocycles. The zero-order chi connectivity index (χ0) is 14.0. The Hall–Kier alpha value is -1.57. The highest BCUT2D eigenvalue weighted by atomic mass is 32.2. The minimum absolute atomic E-state index is 0.000370. The molecule has 1 heterocycles. The summed E-state index contributed by atoms with van der Waals surface area (Å²) in [4.78, 5) is 13.7. The van der Waals surface area contributed by atoms with Gasteiger partial charge < -0.3 is 0 Å². The number of aryl methyl sites for hydroxylation is 2. The number of rotatable bonds is 3. The van der Waals surface area contributed by atoms with Gasteiger partial charge >= 0.3 is 0 Å². The second-order valence-corrected chi connectivity index (χ2v) is 6.61. The molecular formula is C15H13NOS2. The first-order valence-electron chi connectivity index (χ1n) is 5.82. The number of benzene rings is 1. The van der Waals surface area contributed by atoms with Gasteiger partial charge in [-0.05, 0) is 26.3 Å². The molecule has 0 saturated heterocycles. The van der Waals surface area contributed by atoms with Crippen molar-refractivity contribution < 1.29 is 4.79 Å². The third kappa shape index (κ3) is 2.73. The van der Waals surface area contributed by atoms with Gasteiger partial charge in [-0.1, -0.05) is 29.8 Å². The molecule has 0 unspecified atom stereocenters. The molecule has 1 aromatic carbocycles. The van der Waals surface area contributed by atoms with Gasteiger partial charge in [0.2, 0.25) is 0 Å². The second kappa shape index (κ2) is 5.60. The molecule has 2 nitrogen and oxygen atoms in total. The fourth-order valence-corrected chi connectivity index (χ4v) is 3.79. The number of nitrogens with zero attached hydrogens (tertiary/aromatic N) is 1. The molecule has 0 saturated carbocycles. The van der Waals surface area contributed by atoms with Crippen molar-refractivity contribution in [3.05, 3.63) is 51.4 Å². The van der Waals surface area contributed by atoms with E-state index in [4.69, 9.17) is 5.26 Å². The lowest BCUT2D eigenvalue weighted by molar-refractivity contribution is 0.103. The van der Waals surface area contributed by atoms with Gasteiger partial charge in [-0.2, -0.15) is 5.26 Å². The number of thiocyanates is 1. The number of carbonyl (C=O) groups excluding carboxylic acids is 1. The maximum atomic E-state index is 12.6. The minimum atomic E-state index is -0.000370. The van der Waals surface area contributed by atoms with Crippen molar-refractivity contribution in [3.63, 3.8) is 0 Å². The summed E-state index contributed by atoms with van der Waals surface area (Å²) in [6.45, 7) is 5.91. The Morgan fingerprint density at radius 3 is 2.42 bits per heavy atom. The normalized spacial score (nSPS) is 10.2. The average Bonchev–Trinajstić information content (AvgIpc) is 2.66. The molecule has 0 bridgehead atoms. The van der Waals surface area contributed by atoms with E-state index in [1.165, 1.54) is 11.3 Å². The third-order valence-corrected chi connectivity index (χ3v) is 5.01. The topological polar surface area (TPSA) is 40.9 Å². The van der Waals surface area contributed by atoms with Crippen LogP contribution in [-0.4, -0.2) is 5.78 Å². The zero-order valence-corrected chi connectivity index (χ0v) is 12.6. The van der Waals surface area contributed by atoms with Crippen LogP contribution in [0.3, 0.4) is 0 Å². The first-order valence-corrected chi connectivity index (χ1v) is 7.45. The van der Waals surface area contributed by atoms with Crippen LogP contribution in [0.25, 0.3) is 0 Å². The van der Waals surface area contributed by atoms with Crippen LogP contribution < -0.4 is 0 Å². The lowest BCUT2D eigenvalue weighted by atomic mass is 10.0. The van der Waals surface area contributed by atoms with Crippen LogP contribution in [0, 0.1) is 31.4 Å². The molecule has 19 heavy (non-hydrogen) atoms. The van der Waals surface area contributed by atoms with E-state index in [2.05, 4.69) is 5.40 Å². The monoisotopic (exact) mass is 287 g/mol. The summed E-state index contributed by atoms with van der Waals surface area (Å²) in [6.07, 6.45) is 0. The predicted octanol–water partition coefficient (Wildman–Crippen LogP) is 4.48. The van der Waals surface area contributed by atoms with Gasteiger partial charge in [0.15, 0.2) is 5.78 Å². The number of carbonyl (C=O) groups is 1. The minimum Gasteiger partial charge on any atom is -0.289 e. The Morgan fingerprint density at radius 1 is 1.21 bits per heavy atom. The fraction of sp³-hybridized carbons (Fsp3) is 0.200. The van der Waals surface area contributed by atoms with Crippen LogP contribution in [0.2, 0.25) is 0 Å². The maximum Gasteiger partial charge on any atom is 0.195 e. The van der Waals surface area contributed by atoms with Crippen molar-refractivity contribution in [2.75, 3.05) is 0 Å². The molecule has 0 fully saturated rings. The van der Waals surface area contributed by atoms with Crippen LogP contribution in [0.1, 0.15) is 31.9 Å². The number of thiophene rings is 1. The lowest BCUT2D eigenvalue weighted by Crippen LogP contribution is -2.03. The van der Waals surface area contributed by atoms with Gasteiger partial charge in [-0.15, -0.1) is 11.3 Å². The van der Waals surface area contributed by atoms with Crippen molar-refractivity contribution in [2.24, 2.45) is 0 Å². The summed E-state index contributed by atoms with van der Waals surface area (Å²) >= 11 is 2.58. The first kappa shape index (κ1) is 13.9. The zero-order valence-electron chi connectivity index (χ0n) is 11.0. The Bertz CT molecular complexity index is 663. The molecule has 96 valence electrons. The number of hydrogen-bond donors (Lipinski definition) is 0. The van der Waals surface area contributed by atoms with E-state index in [0.717, 1.165) is 32.0 Å².